The zero-order valence-corrected chi connectivity index (χ0v) is 26.1. The number of imide groups is 1. The van der Waals surface area contributed by atoms with Crippen LogP contribution in [-0.4, -0.2) is 80.8 Å². The fourth-order valence-corrected chi connectivity index (χ4v) is 7.17. The van der Waals surface area contributed by atoms with Gasteiger partial charge in [0.25, 0.3) is 5.91 Å². The van der Waals surface area contributed by atoms with E-state index in [1.54, 1.807) is 18.3 Å². The first-order valence-electron chi connectivity index (χ1n) is 16.3. The molecule has 12 heteroatoms. The molecule has 1 saturated carbocycles. The molecule has 0 radical (unpaired) electrons. The second-order valence-corrected chi connectivity index (χ2v) is 12.9. The number of aromatic nitrogens is 2. The maximum absolute atomic E-state index is 12.9. The number of hydrogen-bond donors (Lipinski definition) is 3. The number of benzene rings is 2. The third-order valence-electron chi connectivity index (χ3n) is 9.86. The largest absolute Gasteiger partial charge is 0.404 e. The Morgan fingerprint density at radius 3 is 2.62 bits per heavy atom. The summed E-state index contributed by atoms with van der Waals surface area (Å²) in [7, 11) is 0. The van der Waals surface area contributed by atoms with Crippen LogP contribution in [0.15, 0.2) is 59.9 Å². The van der Waals surface area contributed by atoms with E-state index in [9.17, 15) is 19.2 Å². The predicted octanol–water partition coefficient (Wildman–Crippen LogP) is 3.03. The Hall–Kier alpha value is -4.97. The van der Waals surface area contributed by atoms with Crippen LogP contribution in [0.3, 0.4) is 0 Å². The first-order chi connectivity index (χ1) is 22.8. The Kier molecular flexibility index (Phi) is 8.50. The molecule has 4 amide bonds. The van der Waals surface area contributed by atoms with Gasteiger partial charge in [-0.15, -0.1) is 0 Å². The topological polar surface area (TPSA) is 163 Å². The van der Waals surface area contributed by atoms with E-state index in [1.165, 1.54) is 11.1 Å². The molecule has 0 bridgehead atoms. The maximum atomic E-state index is 12.9. The van der Waals surface area contributed by atoms with Gasteiger partial charge in [-0.05, 0) is 73.9 Å². The van der Waals surface area contributed by atoms with Crippen LogP contribution < -0.4 is 16.4 Å². The highest BCUT2D eigenvalue weighted by atomic mass is 16.2. The van der Waals surface area contributed by atoms with Crippen molar-refractivity contribution in [3.63, 3.8) is 0 Å². The van der Waals surface area contributed by atoms with Crippen LogP contribution in [0.25, 0.3) is 16.6 Å². The third kappa shape index (κ3) is 6.50. The van der Waals surface area contributed by atoms with Crippen molar-refractivity contribution in [1.82, 2.24) is 25.1 Å². The Morgan fingerprint density at radius 2 is 1.85 bits per heavy atom. The molecule has 4 aliphatic rings. The molecule has 1 aromatic heterocycles. The lowest BCUT2D eigenvalue weighted by molar-refractivity contribution is -0.137. The van der Waals surface area contributed by atoms with Crippen molar-refractivity contribution in [3.05, 3.63) is 71.7 Å². The number of carbonyl (C=O) groups excluding carboxylic acids is 4. The first kappa shape index (κ1) is 30.7. The van der Waals surface area contributed by atoms with Gasteiger partial charge in [-0.2, -0.15) is 0 Å². The number of para-hydroxylation sites is 2. The van der Waals surface area contributed by atoms with E-state index >= 15 is 0 Å². The summed E-state index contributed by atoms with van der Waals surface area (Å²) in [4.78, 5) is 67.7. The van der Waals surface area contributed by atoms with E-state index in [1.807, 2.05) is 36.5 Å². The molecule has 3 aliphatic heterocycles. The zero-order valence-electron chi connectivity index (χ0n) is 26.1. The monoisotopic (exact) mass is 634 g/mol. The summed E-state index contributed by atoms with van der Waals surface area (Å²) in [6, 6.07) is 13.1. The zero-order chi connectivity index (χ0) is 32.5. The molecule has 242 valence electrons. The normalized spacial score (nSPS) is 24.0. The summed E-state index contributed by atoms with van der Waals surface area (Å²) in [5.41, 5.74) is 11.0. The van der Waals surface area contributed by atoms with E-state index in [0.717, 1.165) is 60.9 Å². The van der Waals surface area contributed by atoms with Gasteiger partial charge in [-0.1, -0.05) is 12.1 Å². The number of allylic oxidation sites excluding steroid dienone is 1. The fourth-order valence-electron chi connectivity index (χ4n) is 7.17. The van der Waals surface area contributed by atoms with Gasteiger partial charge in [0.05, 0.1) is 29.0 Å². The van der Waals surface area contributed by atoms with Gasteiger partial charge in [0, 0.05) is 67.8 Å². The lowest BCUT2D eigenvalue weighted by Gasteiger charge is -2.45. The molecule has 1 aliphatic carbocycles. The Bertz CT molecular complexity index is 1790. The van der Waals surface area contributed by atoms with Crippen molar-refractivity contribution >= 4 is 52.1 Å². The maximum Gasteiger partial charge on any atom is 0.255 e. The smallest absolute Gasteiger partial charge is 0.255 e. The summed E-state index contributed by atoms with van der Waals surface area (Å²) in [5.74, 6) is -0.665. The second-order valence-electron chi connectivity index (χ2n) is 12.9. The van der Waals surface area contributed by atoms with Gasteiger partial charge in [0.15, 0.2) is 0 Å². The molecule has 2 saturated heterocycles. The quantitative estimate of drug-likeness (QED) is 0.252. The number of likely N-dealkylation sites (tertiary alicyclic amines) is 1. The minimum Gasteiger partial charge on any atom is -0.404 e. The van der Waals surface area contributed by atoms with Gasteiger partial charge < -0.3 is 20.9 Å². The number of amides is 4. The number of piperidine rings is 2. The van der Waals surface area contributed by atoms with Crippen molar-refractivity contribution < 1.29 is 19.2 Å². The summed E-state index contributed by atoms with van der Waals surface area (Å²) >= 11 is 0. The van der Waals surface area contributed by atoms with Crippen LogP contribution in [0, 0.1) is 5.92 Å². The number of anilines is 1. The van der Waals surface area contributed by atoms with E-state index < -0.39 is 11.9 Å². The Labute approximate surface area is 272 Å². The van der Waals surface area contributed by atoms with Gasteiger partial charge in [0.2, 0.25) is 17.7 Å². The van der Waals surface area contributed by atoms with E-state index in [2.05, 4.69) is 25.5 Å². The van der Waals surface area contributed by atoms with E-state index in [-0.39, 0.29) is 36.7 Å². The number of nitrogens with two attached hydrogens (primary N) is 1. The van der Waals surface area contributed by atoms with E-state index in [4.69, 9.17) is 10.7 Å². The average Bonchev–Trinajstić information content (AvgIpc) is 3.38. The van der Waals surface area contributed by atoms with Crippen molar-refractivity contribution in [2.45, 2.75) is 69.6 Å². The standard InChI is InChI=1S/C35H38N8O4/c36-17-23(30-19-38-28-3-1-2-4-29(28)40-30)18-37-24-9-11-42(12-10-24)26-13-21(14-26)15-33(45)39-25-5-6-27-22(16-25)20-43(35(27)47)31-7-8-32(44)41-34(31)46/h1-6,16-19,21,24,26,31H,7-15,20,36H2,(H,39,45)(H,41,44,46). The number of carbonyl (C=O) groups is 4. The molecule has 1 unspecified atom stereocenters. The molecule has 4 N–H and O–H groups in total. The average molecular weight is 635 g/mol. The van der Waals surface area contributed by atoms with Crippen LogP contribution in [0.4, 0.5) is 5.69 Å². The summed E-state index contributed by atoms with van der Waals surface area (Å²) in [5, 5.41) is 5.32. The molecule has 0 spiro atoms. The van der Waals surface area contributed by atoms with Gasteiger partial charge in [-0.25, -0.2) is 4.98 Å². The minimum atomic E-state index is -0.659. The highest BCUT2D eigenvalue weighted by molar-refractivity contribution is 6.09. The van der Waals surface area contributed by atoms with E-state index in [0.29, 0.717) is 41.7 Å². The highest BCUT2D eigenvalue weighted by Gasteiger charge is 2.39. The number of rotatable bonds is 8. The van der Waals surface area contributed by atoms with Crippen molar-refractivity contribution in [1.29, 1.82) is 0 Å². The van der Waals surface area contributed by atoms with Crippen LogP contribution in [0.5, 0.6) is 0 Å². The van der Waals surface area contributed by atoms with Crippen LogP contribution in [0.1, 0.15) is 66.6 Å². The molecule has 12 nitrogen and oxygen atoms in total. The Balaban J connectivity index is 0.847. The van der Waals surface area contributed by atoms with Gasteiger partial charge in [0.1, 0.15) is 6.04 Å². The first-order valence-corrected chi connectivity index (χ1v) is 16.3. The number of nitrogens with one attached hydrogen (secondary N) is 2. The predicted molar refractivity (Wildman–Crippen MR) is 177 cm³/mol. The summed E-state index contributed by atoms with van der Waals surface area (Å²) in [6.45, 7) is 2.24. The molecule has 1 atom stereocenters. The third-order valence-corrected chi connectivity index (χ3v) is 9.86. The number of fused-ring (bicyclic) bond motifs is 2. The number of nitrogens with zero attached hydrogens (tertiary/aromatic N) is 5. The van der Waals surface area contributed by atoms with Crippen LogP contribution in [0.2, 0.25) is 0 Å². The lowest BCUT2D eigenvalue weighted by Crippen LogP contribution is -2.52. The van der Waals surface area contributed by atoms with Crippen LogP contribution >= 0.6 is 0 Å². The van der Waals surface area contributed by atoms with Crippen LogP contribution in [-0.2, 0) is 20.9 Å². The van der Waals surface area contributed by atoms with Crippen molar-refractivity contribution in [2.75, 3.05) is 18.4 Å². The molecule has 47 heavy (non-hydrogen) atoms. The molecular formula is C35H38N8O4. The van der Waals surface area contributed by atoms with Gasteiger partial charge in [-0.3, -0.25) is 34.5 Å². The lowest BCUT2D eigenvalue weighted by atomic mass is 9.76. The highest BCUT2D eigenvalue weighted by Crippen LogP contribution is 2.36. The molecular weight excluding hydrogens is 596 g/mol. The number of hydrogen-bond acceptors (Lipinski definition) is 9. The van der Waals surface area contributed by atoms with Crippen molar-refractivity contribution in [3.8, 4) is 0 Å². The SMILES string of the molecule is NC=C(C=NC1CCN(C2CC(CC(=O)Nc3ccc4c(c3)CN(C3CCC(=O)NC3=O)C4=O)C2)CC1)c1cnc2ccccc2n1. The minimum absolute atomic E-state index is 0.0346. The molecule has 4 heterocycles. The summed E-state index contributed by atoms with van der Waals surface area (Å²) < 4.78 is 0. The second kappa shape index (κ2) is 13.0. The molecule has 7 rings (SSSR count). The number of aliphatic imine (C=N–C) groups is 1. The molecule has 3 fully saturated rings. The molecule has 3 aromatic rings. The fraction of sp³-hybridized carbons (Fsp3) is 0.400. The Morgan fingerprint density at radius 1 is 1.06 bits per heavy atom. The van der Waals surface area contributed by atoms with Crippen molar-refractivity contribution in [2.24, 2.45) is 16.6 Å². The summed E-state index contributed by atoms with van der Waals surface area (Å²) in [6.07, 6.45) is 10.0. The molecule has 2 aromatic carbocycles. The van der Waals surface area contributed by atoms with Gasteiger partial charge >= 0.3 is 0 Å².